The van der Waals surface area contributed by atoms with E-state index in [9.17, 15) is 18.5 Å². The van der Waals surface area contributed by atoms with Gasteiger partial charge in [0, 0.05) is 18.6 Å². The Morgan fingerprint density at radius 1 is 1.38 bits per heavy atom. The van der Waals surface area contributed by atoms with Crippen molar-refractivity contribution in [2.75, 3.05) is 30.1 Å². The van der Waals surface area contributed by atoms with Gasteiger partial charge in [0.15, 0.2) is 0 Å². The van der Waals surface area contributed by atoms with Crippen LogP contribution in [-0.2, 0) is 14.6 Å². The molecule has 0 unspecified atom stereocenters. The van der Waals surface area contributed by atoms with Crippen LogP contribution in [0.25, 0.3) is 6.08 Å². The number of carbonyl (C=O) groups is 1. The molecule has 154 valence electrons. The summed E-state index contributed by atoms with van der Waals surface area (Å²) >= 11 is 4.22. The van der Waals surface area contributed by atoms with Crippen molar-refractivity contribution >= 4 is 59.9 Å². The van der Waals surface area contributed by atoms with Crippen LogP contribution in [0, 0.1) is 17.2 Å². The van der Waals surface area contributed by atoms with Crippen molar-refractivity contribution < 1.29 is 13.2 Å². The van der Waals surface area contributed by atoms with Gasteiger partial charge in [0.25, 0.3) is 5.91 Å². The first kappa shape index (κ1) is 23.0. The number of sulfone groups is 1. The van der Waals surface area contributed by atoms with Gasteiger partial charge in [-0.2, -0.15) is 5.26 Å². The minimum atomic E-state index is -3.56. The molecular weight excluding hydrogens is 478 g/mol. The minimum absolute atomic E-state index is 0.0163. The summed E-state index contributed by atoms with van der Waals surface area (Å²) in [5.41, 5.74) is 1.47. The fourth-order valence-corrected chi connectivity index (χ4v) is 5.71. The molecule has 0 aliphatic carbocycles. The molecule has 0 spiro atoms. The molecule has 29 heavy (non-hydrogen) atoms. The lowest BCUT2D eigenvalue weighted by Crippen LogP contribution is -2.13. The largest absolute Gasteiger partial charge is 0.377 e. The fraction of sp³-hybridized carbons (Fsp3) is 0.333. The van der Waals surface area contributed by atoms with Crippen LogP contribution in [0.15, 0.2) is 32.6 Å². The average Bonchev–Trinajstić information content (AvgIpc) is 3.07. The molecule has 8 nitrogen and oxygen atoms in total. The number of benzene rings is 1. The lowest BCUT2D eigenvalue weighted by Gasteiger charge is -2.14. The maximum absolute atomic E-state index is 12.4. The van der Waals surface area contributed by atoms with E-state index in [1.807, 2.05) is 31.1 Å². The molecule has 0 bridgehead atoms. The zero-order valence-electron chi connectivity index (χ0n) is 16.3. The van der Waals surface area contributed by atoms with E-state index in [2.05, 4.69) is 31.4 Å². The van der Waals surface area contributed by atoms with Gasteiger partial charge in [0.2, 0.25) is 19.3 Å². The number of nitriles is 1. The first-order chi connectivity index (χ1) is 13.5. The molecular formula is C18H20BrN5O3S2. The number of aromatic nitrogens is 2. The molecule has 0 saturated carbocycles. The smallest absolute Gasteiger partial charge is 0.268 e. The van der Waals surface area contributed by atoms with Crippen LogP contribution in [0.3, 0.4) is 0 Å². The van der Waals surface area contributed by atoms with Gasteiger partial charge < -0.3 is 4.90 Å². The quantitative estimate of drug-likeness (QED) is 0.354. The maximum atomic E-state index is 12.4. The second kappa shape index (κ2) is 9.47. The molecule has 0 radical (unpaired) electrons. The number of carbonyl (C=O) groups excluding carboxylic acids is 1. The molecule has 0 aliphatic heterocycles. The summed E-state index contributed by atoms with van der Waals surface area (Å²) in [6, 6.07) is 7.29. The van der Waals surface area contributed by atoms with Crippen LogP contribution in [0.5, 0.6) is 0 Å². The van der Waals surface area contributed by atoms with Gasteiger partial charge in [-0.15, -0.1) is 10.2 Å². The third-order valence-corrected chi connectivity index (χ3v) is 7.57. The van der Waals surface area contributed by atoms with Crippen molar-refractivity contribution in [1.82, 2.24) is 10.2 Å². The van der Waals surface area contributed by atoms with Crippen molar-refractivity contribution in [2.24, 2.45) is 5.92 Å². The number of amides is 1. The molecule has 2 rings (SSSR count). The maximum Gasteiger partial charge on any atom is 0.268 e. The van der Waals surface area contributed by atoms with Gasteiger partial charge in [-0.3, -0.25) is 10.1 Å². The van der Waals surface area contributed by atoms with E-state index < -0.39 is 15.7 Å². The summed E-state index contributed by atoms with van der Waals surface area (Å²) in [5.74, 6) is -0.811. The van der Waals surface area contributed by atoms with Crippen LogP contribution < -0.4 is 10.2 Å². The van der Waals surface area contributed by atoms with Crippen LogP contribution in [-0.4, -0.2) is 44.4 Å². The summed E-state index contributed by atoms with van der Waals surface area (Å²) in [4.78, 5) is 14.3. The van der Waals surface area contributed by atoms with Crippen molar-refractivity contribution in [3.05, 3.63) is 33.8 Å². The number of rotatable bonds is 7. The van der Waals surface area contributed by atoms with Gasteiger partial charge >= 0.3 is 0 Å². The minimum Gasteiger partial charge on any atom is -0.377 e. The first-order valence-corrected chi connectivity index (χ1v) is 11.8. The van der Waals surface area contributed by atoms with Crippen molar-refractivity contribution in [3.63, 3.8) is 0 Å². The van der Waals surface area contributed by atoms with Crippen molar-refractivity contribution in [1.29, 1.82) is 5.26 Å². The van der Waals surface area contributed by atoms with Crippen LogP contribution in [0.2, 0.25) is 0 Å². The molecule has 2 aromatic rings. The summed E-state index contributed by atoms with van der Waals surface area (Å²) in [5, 5.41) is 19.2. The van der Waals surface area contributed by atoms with Gasteiger partial charge in [0.1, 0.15) is 11.6 Å². The van der Waals surface area contributed by atoms with Crippen LogP contribution in [0.4, 0.5) is 10.8 Å². The highest BCUT2D eigenvalue weighted by Crippen LogP contribution is 2.27. The average molecular weight is 498 g/mol. The third kappa shape index (κ3) is 6.09. The molecule has 0 atom stereocenters. The van der Waals surface area contributed by atoms with E-state index in [4.69, 9.17) is 0 Å². The Morgan fingerprint density at radius 3 is 2.62 bits per heavy atom. The van der Waals surface area contributed by atoms with Crippen LogP contribution >= 0.6 is 27.3 Å². The summed E-state index contributed by atoms with van der Waals surface area (Å²) in [6.45, 7) is 3.57. The molecule has 1 amide bonds. The van der Waals surface area contributed by atoms with E-state index in [1.54, 1.807) is 26.0 Å². The topological polar surface area (TPSA) is 116 Å². The Balaban J connectivity index is 2.20. The van der Waals surface area contributed by atoms with E-state index in [0.29, 0.717) is 5.56 Å². The van der Waals surface area contributed by atoms with Gasteiger partial charge in [-0.25, -0.2) is 8.42 Å². The predicted molar refractivity (Wildman–Crippen MR) is 117 cm³/mol. The zero-order chi connectivity index (χ0) is 21.8. The zero-order valence-corrected chi connectivity index (χ0v) is 19.5. The Kier molecular flexibility index (Phi) is 7.51. The number of halogens is 1. The van der Waals surface area contributed by atoms with Gasteiger partial charge in [-0.05, 0) is 45.6 Å². The molecule has 1 N–H and O–H groups in total. The number of hydrogen-bond donors (Lipinski definition) is 1. The highest BCUT2D eigenvalue weighted by molar-refractivity contribution is 9.10. The van der Waals surface area contributed by atoms with Crippen LogP contribution in [0.1, 0.15) is 19.4 Å². The molecule has 1 aromatic heterocycles. The van der Waals surface area contributed by atoms with E-state index in [0.717, 1.165) is 21.5 Å². The molecule has 1 aromatic carbocycles. The van der Waals surface area contributed by atoms with Crippen molar-refractivity contribution in [2.45, 2.75) is 18.2 Å². The normalized spacial score (nSPS) is 12.0. The molecule has 11 heteroatoms. The summed E-state index contributed by atoms with van der Waals surface area (Å²) in [7, 11) is 0.248. The molecule has 1 heterocycles. The Hall–Kier alpha value is -2.29. The van der Waals surface area contributed by atoms with Gasteiger partial charge in [-0.1, -0.05) is 31.3 Å². The summed E-state index contributed by atoms with van der Waals surface area (Å²) in [6.07, 6.45) is 1.44. The van der Waals surface area contributed by atoms with E-state index >= 15 is 0 Å². The predicted octanol–water partition coefficient (Wildman–Crippen LogP) is 3.34. The first-order valence-electron chi connectivity index (χ1n) is 8.49. The van der Waals surface area contributed by atoms with Crippen molar-refractivity contribution in [3.8, 4) is 6.07 Å². The number of nitrogens with zero attached hydrogens (tertiary/aromatic N) is 4. The Bertz CT molecular complexity index is 1090. The van der Waals surface area contributed by atoms with E-state index in [-0.39, 0.29) is 26.7 Å². The highest BCUT2D eigenvalue weighted by Gasteiger charge is 2.22. The lowest BCUT2D eigenvalue weighted by molar-refractivity contribution is -0.112. The number of anilines is 2. The fourth-order valence-electron chi connectivity index (χ4n) is 2.35. The molecule has 0 fully saturated rings. The Labute approximate surface area is 182 Å². The van der Waals surface area contributed by atoms with E-state index in [1.165, 1.54) is 6.08 Å². The SMILES string of the molecule is CC(C)CS(=O)(=O)c1nnc(NC(=O)/C(C#N)=C\c2ccc(N(C)C)c(Br)c2)s1. The second-order valence-corrected chi connectivity index (χ2v) is 10.8. The molecule has 0 aliphatic rings. The van der Waals surface area contributed by atoms with Gasteiger partial charge in [0.05, 0.1) is 11.4 Å². The number of hydrogen-bond acceptors (Lipinski definition) is 8. The third-order valence-electron chi connectivity index (χ3n) is 3.58. The standard InChI is InChI=1S/C18H20BrN5O3S2/c1-11(2)10-29(26,27)18-23-22-17(28-18)21-16(25)13(9-20)7-12-5-6-15(24(3)4)14(19)8-12/h5-8,11H,10H2,1-4H3,(H,21,22,25)/b13-7-. The lowest BCUT2D eigenvalue weighted by atomic mass is 10.1. The highest BCUT2D eigenvalue weighted by atomic mass is 79.9. The molecule has 0 saturated heterocycles. The monoisotopic (exact) mass is 497 g/mol. The Morgan fingerprint density at radius 2 is 2.07 bits per heavy atom. The number of nitrogens with one attached hydrogen (secondary N) is 1. The second-order valence-electron chi connectivity index (χ2n) is 6.78. The summed E-state index contributed by atoms with van der Waals surface area (Å²) < 4.78 is 25.1.